The molecule has 0 saturated carbocycles. The van der Waals surface area contributed by atoms with Gasteiger partial charge in [-0.3, -0.25) is 9.59 Å². The number of benzene rings is 1. The van der Waals surface area contributed by atoms with Crippen molar-refractivity contribution in [3.63, 3.8) is 0 Å². The number of nitrogens with one attached hydrogen (secondary N) is 1. The van der Waals surface area contributed by atoms with Gasteiger partial charge in [-0.2, -0.15) is 13.2 Å². The molecule has 2 rings (SSSR count). The number of rotatable bonds is 5. The smallest absolute Gasteiger partial charge is 0.350 e. The molecule has 0 spiro atoms. The van der Waals surface area contributed by atoms with E-state index in [1.54, 1.807) is 19.2 Å². The van der Waals surface area contributed by atoms with E-state index in [9.17, 15) is 22.8 Å². The molecule has 1 aromatic carbocycles. The van der Waals surface area contributed by atoms with Crippen LogP contribution in [-0.4, -0.2) is 30.3 Å². The molecule has 0 radical (unpaired) electrons. The minimum Gasteiger partial charge on any atom is -0.350 e. The number of carbonyl (C=O) groups is 2. The summed E-state index contributed by atoms with van der Waals surface area (Å²) < 4.78 is 38.5. The molecule has 1 amide bonds. The number of aromatic nitrogens is 1. The molecular weight excluding hydrogens is 371 g/mol. The summed E-state index contributed by atoms with van der Waals surface area (Å²) in [7, 11) is 1.60. The topological polar surface area (TPSA) is 62.3 Å². The van der Waals surface area contributed by atoms with E-state index < -0.39 is 22.7 Å². The Kier molecular flexibility index (Phi) is 5.86. The fourth-order valence-corrected chi connectivity index (χ4v) is 2.36. The Balaban J connectivity index is 2.05. The van der Waals surface area contributed by atoms with Crippen molar-refractivity contribution in [3.05, 3.63) is 52.7 Å². The normalized spacial score (nSPS) is 11.2. The minimum absolute atomic E-state index is 0.0139. The molecule has 0 bridgehead atoms. The number of ketones is 1. The van der Waals surface area contributed by atoms with Crippen LogP contribution in [0, 0.1) is 0 Å². The average molecular weight is 386 g/mol. The van der Waals surface area contributed by atoms with Gasteiger partial charge in [-0.05, 0) is 37.3 Å². The van der Waals surface area contributed by atoms with Crippen LogP contribution in [0.25, 0.3) is 0 Å². The summed E-state index contributed by atoms with van der Waals surface area (Å²) in [5.74, 6) is -0.217. The number of carbonyl (C=O) groups excluding carboxylic acids is 2. The van der Waals surface area contributed by atoms with Crippen LogP contribution in [0.4, 0.5) is 24.7 Å². The molecule has 0 unspecified atom stereocenters. The molecule has 1 heterocycles. The molecule has 0 fully saturated rings. The number of hydrogen-bond donors (Lipinski definition) is 1. The summed E-state index contributed by atoms with van der Waals surface area (Å²) >= 11 is 5.54. The molecule has 26 heavy (non-hydrogen) atoms. The van der Waals surface area contributed by atoms with Gasteiger partial charge in [-0.25, -0.2) is 4.98 Å². The van der Waals surface area contributed by atoms with Crippen molar-refractivity contribution >= 4 is 34.8 Å². The lowest BCUT2D eigenvalue weighted by molar-refractivity contribution is -0.137. The molecule has 0 saturated heterocycles. The summed E-state index contributed by atoms with van der Waals surface area (Å²) in [5, 5.41) is 1.95. The van der Waals surface area contributed by atoms with E-state index in [-0.39, 0.29) is 18.0 Å². The quantitative estimate of drug-likeness (QED) is 0.789. The zero-order chi connectivity index (χ0) is 19.5. The molecule has 0 atom stereocenters. The molecule has 2 aromatic rings. The third-order valence-electron chi connectivity index (χ3n) is 3.48. The summed E-state index contributed by atoms with van der Waals surface area (Å²) in [6.07, 6.45) is -3.22. The second-order valence-electron chi connectivity index (χ2n) is 5.56. The lowest BCUT2D eigenvalue weighted by atomic mass is 10.2. The number of hydrogen-bond acceptors (Lipinski definition) is 4. The van der Waals surface area contributed by atoms with Crippen LogP contribution in [-0.2, 0) is 11.0 Å². The van der Waals surface area contributed by atoms with Crippen molar-refractivity contribution in [1.29, 1.82) is 0 Å². The predicted molar refractivity (Wildman–Crippen MR) is 92.6 cm³/mol. The first-order chi connectivity index (χ1) is 12.1. The Hall–Kier alpha value is -2.61. The zero-order valence-corrected chi connectivity index (χ0v) is 14.6. The van der Waals surface area contributed by atoms with Crippen molar-refractivity contribution in [1.82, 2.24) is 4.98 Å². The predicted octanol–water partition coefficient (Wildman–Crippen LogP) is 4.03. The number of Topliss-reactive ketones (excluding diaryl/α,β-unsaturated/α-hetero) is 1. The van der Waals surface area contributed by atoms with E-state index in [1.165, 1.54) is 24.1 Å². The SMILES string of the molecule is CC(=O)c1ccc(N(C)CC(=O)Nc2ccc(Cl)c(C(F)(F)F)c2)nc1. The van der Waals surface area contributed by atoms with Gasteiger partial charge in [0.2, 0.25) is 5.91 Å². The first-order valence-corrected chi connectivity index (χ1v) is 7.80. The Morgan fingerprint density at radius 2 is 1.92 bits per heavy atom. The van der Waals surface area contributed by atoms with Crippen LogP contribution >= 0.6 is 11.6 Å². The third kappa shape index (κ3) is 4.95. The van der Waals surface area contributed by atoms with Gasteiger partial charge in [0.05, 0.1) is 17.1 Å². The molecule has 0 aliphatic rings. The molecular formula is C17H15ClF3N3O2. The molecule has 1 N–H and O–H groups in total. The summed E-state index contributed by atoms with van der Waals surface area (Å²) in [5.41, 5.74) is -0.598. The number of alkyl halides is 3. The van der Waals surface area contributed by atoms with Crippen molar-refractivity contribution in [3.8, 4) is 0 Å². The highest BCUT2D eigenvalue weighted by atomic mass is 35.5. The molecule has 0 aliphatic carbocycles. The van der Waals surface area contributed by atoms with Gasteiger partial charge < -0.3 is 10.2 Å². The van der Waals surface area contributed by atoms with E-state index in [0.29, 0.717) is 11.4 Å². The minimum atomic E-state index is -4.61. The maximum absolute atomic E-state index is 12.8. The highest BCUT2D eigenvalue weighted by Gasteiger charge is 2.33. The maximum Gasteiger partial charge on any atom is 0.417 e. The van der Waals surface area contributed by atoms with Gasteiger partial charge in [0.1, 0.15) is 5.82 Å². The van der Waals surface area contributed by atoms with E-state index in [1.807, 2.05) is 0 Å². The van der Waals surface area contributed by atoms with Crippen LogP contribution in [0.3, 0.4) is 0 Å². The van der Waals surface area contributed by atoms with Gasteiger partial charge in [0.25, 0.3) is 0 Å². The monoisotopic (exact) mass is 385 g/mol. The number of anilines is 2. The van der Waals surface area contributed by atoms with E-state index in [4.69, 9.17) is 11.6 Å². The number of pyridine rings is 1. The van der Waals surface area contributed by atoms with Crippen LogP contribution < -0.4 is 10.2 Å². The third-order valence-corrected chi connectivity index (χ3v) is 3.81. The Morgan fingerprint density at radius 3 is 2.46 bits per heavy atom. The van der Waals surface area contributed by atoms with E-state index in [2.05, 4.69) is 10.3 Å². The van der Waals surface area contributed by atoms with Crippen molar-refractivity contribution in [2.75, 3.05) is 23.8 Å². The fraction of sp³-hybridized carbons (Fsp3) is 0.235. The zero-order valence-electron chi connectivity index (χ0n) is 13.9. The van der Waals surface area contributed by atoms with Gasteiger partial charge in [-0.1, -0.05) is 11.6 Å². The summed E-state index contributed by atoms with van der Waals surface area (Å²) in [4.78, 5) is 28.9. The van der Waals surface area contributed by atoms with Crippen LogP contribution in [0.2, 0.25) is 5.02 Å². The fourth-order valence-electron chi connectivity index (χ4n) is 2.14. The average Bonchev–Trinajstić information content (AvgIpc) is 2.55. The highest BCUT2D eigenvalue weighted by molar-refractivity contribution is 6.31. The van der Waals surface area contributed by atoms with Crippen LogP contribution in [0.5, 0.6) is 0 Å². The van der Waals surface area contributed by atoms with E-state index in [0.717, 1.165) is 12.1 Å². The van der Waals surface area contributed by atoms with Gasteiger partial charge in [0, 0.05) is 24.5 Å². The second-order valence-corrected chi connectivity index (χ2v) is 5.97. The van der Waals surface area contributed by atoms with Crippen LogP contribution in [0.1, 0.15) is 22.8 Å². The van der Waals surface area contributed by atoms with Gasteiger partial charge in [0.15, 0.2) is 5.78 Å². The lowest BCUT2D eigenvalue weighted by Crippen LogP contribution is -2.30. The highest BCUT2D eigenvalue weighted by Crippen LogP contribution is 2.36. The number of likely N-dealkylation sites (N-methyl/N-ethyl adjacent to an activating group) is 1. The van der Waals surface area contributed by atoms with Gasteiger partial charge >= 0.3 is 6.18 Å². The van der Waals surface area contributed by atoms with E-state index >= 15 is 0 Å². The lowest BCUT2D eigenvalue weighted by Gasteiger charge is -2.18. The molecule has 0 aliphatic heterocycles. The number of amides is 1. The van der Waals surface area contributed by atoms with Crippen molar-refractivity contribution < 1.29 is 22.8 Å². The number of nitrogens with zero attached hydrogens (tertiary/aromatic N) is 2. The molecule has 1 aromatic heterocycles. The van der Waals surface area contributed by atoms with Crippen molar-refractivity contribution in [2.24, 2.45) is 0 Å². The largest absolute Gasteiger partial charge is 0.417 e. The van der Waals surface area contributed by atoms with Crippen molar-refractivity contribution in [2.45, 2.75) is 13.1 Å². The van der Waals surface area contributed by atoms with Crippen LogP contribution in [0.15, 0.2) is 36.5 Å². The standard InChI is InChI=1S/C17H15ClF3N3O2/c1-10(25)11-3-6-15(22-8-11)24(2)9-16(26)23-12-4-5-14(18)13(7-12)17(19,20)21/h3-8H,9H2,1-2H3,(H,23,26). The second kappa shape index (κ2) is 7.74. The molecule has 138 valence electrons. The first-order valence-electron chi connectivity index (χ1n) is 7.42. The number of halogens is 4. The first kappa shape index (κ1) is 19.7. The molecule has 5 nitrogen and oxygen atoms in total. The Morgan fingerprint density at radius 1 is 1.23 bits per heavy atom. The Bertz CT molecular complexity index is 823. The summed E-state index contributed by atoms with van der Waals surface area (Å²) in [6.45, 7) is 1.27. The maximum atomic E-state index is 12.8. The van der Waals surface area contributed by atoms with Gasteiger partial charge in [-0.15, -0.1) is 0 Å². The summed E-state index contributed by atoms with van der Waals surface area (Å²) in [6, 6.07) is 6.29. The molecule has 9 heteroatoms. The Labute approximate surface area is 152 Å².